The van der Waals surface area contributed by atoms with Crippen LogP contribution in [-0.4, -0.2) is 64.4 Å². The Labute approximate surface area is 145 Å². The van der Waals surface area contributed by atoms with Crippen LogP contribution in [0.3, 0.4) is 0 Å². The lowest BCUT2D eigenvalue weighted by Gasteiger charge is -2.23. The Bertz CT molecular complexity index is 725. The summed E-state index contributed by atoms with van der Waals surface area (Å²) in [6, 6.07) is 5.21. The number of rotatable bonds is 8. The van der Waals surface area contributed by atoms with Crippen LogP contribution in [0.25, 0.3) is 0 Å². The van der Waals surface area contributed by atoms with Crippen molar-refractivity contribution < 1.29 is 32.6 Å². The van der Waals surface area contributed by atoms with Crippen molar-refractivity contribution in [1.82, 2.24) is 10.0 Å². The summed E-state index contributed by atoms with van der Waals surface area (Å²) < 4.78 is 36.3. The van der Waals surface area contributed by atoms with Crippen molar-refractivity contribution in [2.24, 2.45) is 0 Å². The van der Waals surface area contributed by atoms with E-state index in [0.717, 1.165) is 0 Å². The quantitative estimate of drug-likeness (QED) is 0.528. The van der Waals surface area contributed by atoms with Crippen LogP contribution in [0.2, 0.25) is 0 Å². The summed E-state index contributed by atoms with van der Waals surface area (Å²) in [4.78, 5) is 23.7. The summed E-state index contributed by atoms with van der Waals surface area (Å²) in [7, 11) is -2.24. The van der Waals surface area contributed by atoms with E-state index in [4.69, 9.17) is 9.47 Å². The minimum Gasteiger partial charge on any atom is -0.479 e. The Kier molecular flexibility index (Phi) is 6.11. The van der Waals surface area contributed by atoms with E-state index in [0.29, 0.717) is 0 Å². The van der Waals surface area contributed by atoms with Gasteiger partial charge in [-0.2, -0.15) is 0 Å². The molecule has 0 aliphatic carbocycles. The van der Waals surface area contributed by atoms with Crippen LogP contribution in [0.5, 0.6) is 0 Å². The van der Waals surface area contributed by atoms with Gasteiger partial charge in [-0.3, -0.25) is 4.79 Å². The lowest BCUT2D eigenvalue weighted by atomic mass is 9.98. The lowest BCUT2D eigenvalue weighted by molar-refractivity contribution is -0.144. The van der Waals surface area contributed by atoms with E-state index in [1.54, 1.807) is 0 Å². The number of methoxy groups -OCH3 is 1. The van der Waals surface area contributed by atoms with Gasteiger partial charge in [0.2, 0.25) is 10.0 Å². The molecule has 9 nitrogen and oxygen atoms in total. The van der Waals surface area contributed by atoms with Gasteiger partial charge in [-0.15, -0.1) is 0 Å². The molecule has 10 heteroatoms. The molecule has 0 spiro atoms. The molecule has 0 saturated carbocycles. The van der Waals surface area contributed by atoms with Gasteiger partial charge in [0.05, 0.1) is 18.1 Å². The maximum Gasteiger partial charge on any atom is 0.331 e. The van der Waals surface area contributed by atoms with Crippen molar-refractivity contribution in [3.05, 3.63) is 29.8 Å². The van der Waals surface area contributed by atoms with Crippen molar-refractivity contribution in [3.8, 4) is 0 Å². The molecule has 2 rings (SSSR count). The van der Waals surface area contributed by atoms with E-state index in [1.165, 1.54) is 31.4 Å². The van der Waals surface area contributed by atoms with Gasteiger partial charge in [-0.05, 0) is 24.3 Å². The SMILES string of the molecule is COCCNS(=O)(=O)c1ccc(C(=O)NC2(C(=O)O)CCOC2)cc1. The molecule has 1 aromatic rings. The number of carbonyl (C=O) groups is 2. The largest absolute Gasteiger partial charge is 0.479 e. The van der Waals surface area contributed by atoms with Gasteiger partial charge in [0, 0.05) is 32.2 Å². The van der Waals surface area contributed by atoms with Gasteiger partial charge >= 0.3 is 5.97 Å². The van der Waals surface area contributed by atoms with Crippen LogP contribution >= 0.6 is 0 Å². The number of hydrogen-bond acceptors (Lipinski definition) is 6. The normalized spacial score (nSPS) is 20.4. The first-order chi connectivity index (χ1) is 11.8. The molecule has 0 radical (unpaired) electrons. The fraction of sp³-hybridized carbons (Fsp3) is 0.467. The van der Waals surface area contributed by atoms with Gasteiger partial charge in [-0.1, -0.05) is 0 Å². The van der Waals surface area contributed by atoms with Crippen LogP contribution in [0.1, 0.15) is 16.8 Å². The van der Waals surface area contributed by atoms with E-state index in [2.05, 4.69) is 10.0 Å². The summed E-state index contributed by atoms with van der Waals surface area (Å²) in [5.74, 6) is -1.77. The third kappa shape index (κ3) is 4.54. The number of aliphatic carboxylic acids is 1. The number of ether oxygens (including phenoxy) is 2. The smallest absolute Gasteiger partial charge is 0.331 e. The zero-order valence-electron chi connectivity index (χ0n) is 13.6. The molecule has 1 saturated heterocycles. The molecule has 25 heavy (non-hydrogen) atoms. The second-order valence-corrected chi connectivity index (χ2v) is 7.33. The van der Waals surface area contributed by atoms with Gasteiger partial charge in [0.1, 0.15) is 0 Å². The zero-order chi connectivity index (χ0) is 18.5. The first-order valence-electron chi connectivity index (χ1n) is 7.53. The molecular formula is C15H20N2O7S. The van der Waals surface area contributed by atoms with E-state index in [1.807, 2.05) is 0 Å². The average Bonchev–Trinajstić information content (AvgIpc) is 3.05. The minimum absolute atomic E-state index is 0.00250. The van der Waals surface area contributed by atoms with Crippen molar-refractivity contribution in [3.63, 3.8) is 0 Å². The van der Waals surface area contributed by atoms with Crippen molar-refractivity contribution >= 4 is 21.9 Å². The van der Waals surface area contributed by atoms with E-state index in [-0.39, 0.29) is 43.2 Å². The Morgan fingerprint density at radius 1 is 1.32 bits per heavy atom. The zero-order valence-corrected chi connectivity index (χ0v) is 14.5. The van der Waals surface area contributed by atoms with Crippen molar-refractivity contribution in [1.29, 1.82) is 0 Å². The summed E-state index contributed by atoms with van der Waals surface area (Å²) in [5.41, 5.74) is -1.30. The Hall–Kier alpha value is -2.01. The number of amides is 1. The van der Waals surface area contributed by atoms with Crippen molar-refractivity contribution in [2.75, 3.05) is 33.5 Å². The molecule has 0 bridgehead atoms. The van der Waals surface area contributed by atoms with E-state index < -0.39 is 27.4 Å². The van der Waals surface area contributed by atoms with E-state index >= 15 is 0 Å². The van der Waals surface area contributed by atoms with Gasteiger partial charge in [-0.25, -0.2) is 17.9 Å². The van der Waals surface area contributed by atoms with Crippen LogP contribution in [0.15, 0.2) is 29.2 Å². The van der Waals surface area contributed by atoms with Gasteiger partial charge < -0.3 is 19.9 Å². The standard InChI is InChI=1S/C15H20N2O7S/c1-23-9-7-16-25(21,22)12-4-2-11(3-5-12)13(18)17-15(14(19)20)6-8-24-10-15/h2-5,16H,6-10H2,1H3,(H,17,18)(H,19,20). The van der Waals surface area contributed by atoms with Gasteiger partial charge in [0.15, 0.2) is 5.54 Å². The monoisotopic (exact) mass is 372 g/mol. The second kappa shape index (κ2) is 7.91. The summed E-state index contributed by atoms with van der Waals surface area (Å²) in [6.45, 7) is 0.502. The predicted octanol–water partition coefficient (Wildman–Crippen LogP) is -0.415. The molecule has 0 aromatic heterocycles. The van der Waals surface area contributed by atoms with Crippen LogP contribution in [0.4, 0.5) is 0 Å². The number of carboxylic acid groups (broad SMARTS) is 1. The number of sulfonamides is 1. The number of carboxylic acids is 1. The number of hydrogen-bond donors (Lipinski definition) is 3. The molecule has 1 aromatic carbocycles. The molecule has 1 unspecified atom stereocenters. The van der Waals surface area contributed by atoms with E-state index in [9.17, 15) is 23.1 Å². The number of benzene rings is 1. The molecule has 1 atom stereocenters. The van der Waals surface area contributed by atoms with Crippen LogP contribution < -0.4 is 10.0 Å². The third-order valence-corrected chi connectivity index (χ3v) is 5.29. The highest BCUT2D eigenvalue weighted by molar-refractivity contribution is 7.89. The Morgan fingerprint density at radius 3 is 2.52 bits per heavy atom. The molecule has 1 aliphatic heterocycles. The first kappa shape index (κ1) is 19.3. The van der Waals surface area contributed by atoms with Gasteiger partial charge in [0.25, 0.3) is 5.91 Å². The maximum absolute atomic E-state index is 12.3. The summed E-state index contributed by atoms with van der Waals surface area (Å²) >= 11 is 0. The fourth-order valence-corrected chi connectivity index (χ4v) is 3.34. The molecule has 1 amide bonds. The molecule has 1 heterocycles. The number of nitrogens with one attached hydrogen (secondary N) is 2. The fourth-order valence-electron chi connectivity index (χ4n) is 2.32. The molecular weight excluding hydrogens is 352 g/mol. The highest BCUT2D eigenvalue weighted by Crippen LogP contribution is 2.20. The Balaban J connectivity index is 2.09. The highest BCUT2D eigenvalue weighted by Gasteiger charge is 2.44. The third-order valence-electron chi connectivity index (χ3n) is 3.81. The predicted molar refractivity (Wildman–Crippen MR) is 86.8 cm³/mol. The lowest BCUT2D eigenvalue weighted by Crippen LogP contribution is -2.55. The topological polar surface area (TPSA) is 131 Å². The average molecular weight is 372 g/mol. The minimum atomic E-state index is -3.70. The number of carbonyl (C=O) groups excluding carboxylic acids is 1. The molecule has 1 aliphatic rings. The van der Waals surface area contributed by atoms with Crippen LogP contribution in [0, 0.1) is 0 Å². The highest BCUT2D eigenvalue weighted by atomic mass is 32.2. The Morgan fingerprint density at radius 2 is 2.00 bits per heavy atom. The maximum atomic E-state index is 12.3. The second-order valence-electron chi connectivity index (χ2n) is 5.56. The van der Waals surface area contributed by atoms with Crippen molar-refractivity contribution in [2.45, 2.75) is 16.9 Å². The molecule has 1 fully saturated rings. The molecule has 3 N–H and O–H groups in total. The first-order valence-corrected chi connectivity index (χ1v) is 9.01. The molecule has 138 valence electrons. The summed E-state index contributed by atoms with van der Waals surface area (Å²) in [5, 5.41) is 11.8. The van der Waals surface area contributed by atoms with Crippen LogP contribution in [-0.2, 0) is 24.3 Å². The summed E-state index contributed by atoms with van der Waals surface area (Å²) in [6.07, 6.45) is 0.171.